The van der Waals surface area contributed by atoms with E-state index in [4.69, 9.17) is 51.3 Å². The molecular weight excluding hydrogens is 484 g/mol. The van der Waals surface area contributed by atoms with Gasteiger partial charge in [-0.05, 0) is 31.0 Å². The third kappa shape index (κ3) is 4.34. The highest BCUT2D eigenvalue weighted by Gasteiger charge is 2.35. The number of hydrogen-bond donors (Lipinski definition) is 0. The molecule has 2 heterocycles. The summed E-state index contributed by atoms with van der Waals surface area (Å²) in [6.07, 6.45) is 1.24. The predicted octanol–water partition coefficient (Wildman–Crippen LogP) is 5.53. The van der Waals surface area contributed by atoms with Crippen molar-refractivity contribution < 1.29 is 32.3 Å². The molecule has 8 nitrogen and oxygen atoms in total. The van der Waals surface area contributed by atoms with Crippen molar-refractivity contribution in [2.24, 2.45) is 5.92 Å². The van der Waals surface area contributed by atoms with Gasteiger partial charge in [-0.1, -0.05) is 17.7 Å². The molecule has 1 aliphatic rings. The topological polar surface area (TPSA) is 101 Å². The Bertz CT molecular complexity index is 1490. The monoisotopic (exact) mass is 502 g/mol. The van der Waals surface area contributed by atoms with E-state index >= 15 is 0 Å². The third-order valence-electron chi connectivity index (χ3n) is 5.73. The Labute approximate surface area is 202 Å². The molecule has 1 aliphatic carbocycles. The van der Waals surface area contributed by atoms with Gasteiger partial charge in [0.1, 0.15) is 18.1 Å². The van der Waals surface area contributed by atoms with Gasteiger partial charge in [0.25, 0.3) is 0 Å². The molecule has 0 spiro atoms. The molecule has 1 fully saturated rings. The predicted molar refractivity (Wildman–Crippen MR) is 126 cm³/mol. The Kier molecular flexibility index (Phi) is 6.16. The summed E-state index contributed by atoms with van der Waals surface area (Å²) in [5, 5.41) is 0.694. The summed E-state index contributed by atoms with van der Waals surface area (Å²) >= 11 is 11.3. The van der Waals surface area contributed by atoms with E-state index in [1.807, 2.05) is 0 Å². The number of fused-ring (bicyclic) bond motifs is 2. The van der Waals surface area contributed by atoms with Gasteiger partial charge < -0.3 is 27.5 Å². The SMILES string of the molecule is COC(=O)[C@H]1C[C@@H](OCCOc2cc3oc(=S)oc3cc2-c2cc(=O)c3cccc(Cl)c3o2)C1. The lowest BCUT2D eigenvalue weighted by Crippen LogP contribution is -2.37. The van der Waals surface area contributed by atoms with Gasteiger partial charge in [0.05, 0.1) is 41.7 Å². The van der Waals surface area contributed by atoms with Crippen molar-refractivity contribution in [3.63, 3.8) is 0 Å². The molecule has 34 heavy (non-hydrogen) atoms. The molecule has 0 amide bonds. The molecule has 0 saturated heterocycles. The summed E-state index contributed by atoms with van der Waals surface area (Å²) in [7, 11) is 1.38. The molecule has 4 aromatic rings. The molecule has 0 unspecified atom stereocenters. The number of carbonyl (C=O) groups is 1. The van der Waals surface area contributed by atoms with E-state index < -0.39 is 0 Å². The van der Waals surface area contributed by atoms with Crippen LogP contribution < -0.4 is 10.2 Å². The highest BCUT2D eigenvalue weighted by Crippen LogP contribution is 2.37. The van der Waals surface area contributed by atoms with Gasteiger partial charge in [-0.15, -0.1) is 0 Å². The van der Waals surface area contributed by atoms with Gasteiger partial charge in [-0.3, -0.25) is 9.59 Å². The smallest absolute Gasteiger partial charge is 0.363 e. The van der Waals surface area contributed by atoms with E-state index in [2.05, 4.69) is 0 Å². The van der Waals surface area contributed by atoms with E-state index in [0.717, 1.165) is 0 Å². The van der Waals surface area contributed by atoms with Crippen LogP contribution >= 0.6 is 23.8 Å². The molecule has 0 atom stereocenters. The molecule has 1 saturated carbocycles. The second-order valence-corrected chi connectivity index (χ2v) is 8.61. The van der Waals surface area contributed by atoms with Crippen LogP contribution in [-0.4, -0.2) is 32.4 Å². The highest BCUT2D eigenvalue weighted by atomic mass is 35.5. The van der Waals surface area contributed by atoms with Gasteiger partial charge in [0, 0.05) is 24.4 Å². The second-order valence-electron chi connectivity index (χ2n) is 7.87. The molecular formula is C24H19ClO8S. The number of para-hydroxylation sites is 1. The first-order chi connectivity index (χ1) is 16.4. The molecule has 0 N–H and O–H groups in total. The summed E-state index contributed by atoms with van der Waals surface area (Å²) in [6, 6.07) is 9.62. The fraction of sp³-hybridized carbons (Fsp3) is 0.292. The van der Waals surface area contributed by atoms with Crippen LogP contribution in [0.2, 0.25) is 5.02 Å². The molecule has 5 rings (SSSR count). The Hall–Kier alpha value is -3.14. The zero-order valence-electron chi connectivity index (χ0n) is 18.0. The van der Waals surface area contributed by atoms with Gasteiger partial charge in [-0.2, -0.15) is 0 Å². The molecule has 0 aliphatic heterocycles. The van der Waals surface area contributed by atoms with Gasteiger partial charge >= 0.3 is 10.9 Å². The van der Waals surface area contributed by atoms with Gasteiger partial charge in [0.15, 0.2) is 22.2 Å². The highest BCUT2D eigenvalue weighted by molar-refractivity contribution is 7.71. The van der Waals surface area contributed by atoms with E-state index in [0.29, 0.717) is 52.3 Å². The van der Waals surface area contributed by atoms with E-state index in [-0.39, 0.29) is 46.3 Å². The second kappa shape index (κ2) is 9.25. The standard InChI is InChI=1S/C24H19ClO8S/c1-28-23(27)12-7-13(8-12)29-5-6-30-18-11-21-20(32-24(34)33-21)9-15(18)19-10-17(26)14-3-2-4-16(25)22(14)31-19/h2-4,9-13H,5-8H2,1H3/t12-,13+. The summed E-state index contributed by atoms with van der Waals surface area (Å²) in [4.78, 5) is 24.2. The average Bonchev–Trinajstić information content (AvgIpc) is 3.16. The molecule has 0 radical (unpaired) electrons. The average molecular weight is 503 g/mol. The van der Waals surface area contributed by atoms with Crippen LogP contribution in [-0.2, 0) is 14.3 Å². The van der Waals surface area contributed by atoms with E-state index in [1.165, 1.54) is 13.2 Å². The Morgan fingerprint density at radius 3 is 2.65 bits per heavy atom. The number of ether oxygens (including phenoxy) is 3. The Balaban J connectivity index is 1.39. The lowest BCUT2D eigenvalue weighted by Gasteiger charge is -2.32. The van der Waals surface area contributed by atoms with Crippen molar-refractivity contribution in [2.75, 3.05) is 20.3 Å². The van der Waals surface area contributed by atoms with Crippen molar-refractivity contribution in [3.8, 4) is 17.1 Å². The Morgan fingerprint density at radius 2 is 1.88 bits per heavy atom. The minimum atomic E-state index is -0.244. The zero-order valence-corrected chi connectivity index (χ0v) is 19.6. The zero-order chi connectivity index (χ0) is 23.8. The van der Waals surface area contributed by atoms with Crippen molar-refractivity contribution >= 4 is 51.9 Å². The number of rotatable bonds is 7. The maximum absolute atomic E-state index is 12.7. The first-order valence-electron chi connectivity index (χ1n) is 10.6. The number of esters is 1. The Morgan fingerprint density at radius 1 is 1.12 bits per heavy atom. The maximum Gasteiger partial charge on any atom is 0.363 e. The fourth-order valence-corrected chi connectivity index (χ4v) is 4.31. The number of benzene rings is 2. The lowest BCUT2D eigenvalue weighted by molar-refractivity contribution is -0.155. The van der Waals surface area contributed by atoms with Crippen LogP contribution in [0.3, 0.4) is 0 Å². The first kappa shape index (κ1) is 22.6. The first-order valence-corrected chi connectivity index (χ1v) is 11.3. The molecule has 176 valence electrons. The van der Waals surface area contributed by atoms with Gasteiger partial charge in [0.2, 0.25) is 0 Å². The number of carbonyl (C=O) groups excluding carboxylic acids is 1. The summed E-state index contributed by atoms with van der Waals surface area (Å²) in [6.45, 7) is 0.521. The number of halogens is 1. The van der Waals surface area contributed by atoms with Crippen LogP contribution in [0.25, 0.3) is 33.5 Å². The quantitative estimate of drug-likeness (QED) is 0.183. The van der Waals surface area contributed by atoms with Crippen LogP contribution in [0.1, 0.15) is 12.8 Å². The molecule has 2 aromatic carbocycles. The van der Waals surface area contributed by atoms with Crippen LogP contribution in [0.15, 0.2) is 54.4 Å². The lowest BCUT2D eigenvalue weighted by atomic mass is 9.82. The minimum Gasteiger partial charge on any atom is -0.490 e. The van der Waals surface area contributed by atoms with Crippen LogP contribution in [0, 0.1) is 10.8 Å². The van der Waals surface area contributed by atoms with Crippen molar-refractivity contribution in [2.45, 2.75) is 18.9 Å². The molecule has 0 bridgehead atoms. The maximum atomic E-state index is 12.7. The van der Waals surface area contributed by atoms with Gasteiger partial charge in [-0.25, -0.2) is 0 Å². The summed E-state index contributed by atoms with van der Waals surface area (Å²) in [5.41, 5.74) is 1.28. The van der Waals surface area contributed by atoms with Crippen molar-refractivity contribution in [3.05, 3.63) is 56.5 Å². The largest absolute Gasteiger partial charge is 0.490 e. The minimum absolute atomic E-state index is 0.0121. The number of methoxy groups -OCH3 is 1. The summed E-state index contributed by atoms with van der Waals surface area (Å²) < 4.78 is 33.3. The van der Waals surface area contributed by atoms with Crippen molar-refractivity contribution in [1.29, 1.82) is 0 Å². The van der Waals surface area contributed by atoms with E-state index in [9.17, 15) is 9.59 Å². The normalized spacial score (nSPS) is 17.6. The fourth-order valence-electron chi connectivity index (χ4n) is 3.92. The molecule has 2 aromatic heterocycles. The summed E-state index contributed by atoms with van der Waals surface area (Å²) in [5.74, 6) is 0.329. The number of hydrogen-bond acceptors (Lipinski definition) is 9. The van der Waals surface area contributed by atoms with E-state index in [1.54, 1.807) is 30.3 Å². The van der Waals surface area contributed by atoms with Crippen molar-refractivity contribution in [1.82, 2.24) is 0 Å². The van der Waals surface area contributed by atoms with Crippen LogP contribution in [0.5, 0.6) is 5.75 Å². The van der Waals surface area contributed by atoms with Crippen LogP contribution in [0.4, 0.5) is 0 Å². The third-order valence-corrected chi connectivity index (χ3v) is 6.19. The molecule has 10 heteroatoms.